The monoisotopic (exact) mass is 302 g/mol. The van der Waals surface area contributed by atoms with Crippen molar-refractivity contribution in [1.29, 1.82) is 0 Å². The molecule has 0 aliphatic heterocycles. The number of aliphatic hydroxyl groups excluding tert-OH is 2. The Morgan fingerprint density at radius 3 is 2.31 bits per heavy atom. The minimum Gasteiger partial charge on any atom is -0.390 e. The van der Waals surface area contributed by atoms with Crippen molar-refractivity contribution in [2.45, 2.75) is 18.6 Å². The smallest absolute Gasteiger partial charge is 0.106 e. The van der Waals surface area contributed by atoms with Gasteiger partial charge in [-0.05, 0) is 18.6 Å². The molecule has 0 saturated heterocycles. The van der Waals surface area contributed by atoms with Crippen LogP contribution in [-0.2, 0) is 0 Å². The van der Waals surface area contributed by atoms with Gasteiger partial charge in [0.25, 0.3) is 0 Å². The third kappa shape index (κ3) is 3.39. The number of hydrogen-bond donors (Lipinski definition) is 2. The first-order valence-electron chi connectivity index (χ1n) is 4.54. The first kappa shape index (κ1) is 14.4. The average molecular weight is 304 g/mol. The molecule has 0 aromatic heterocycles. The van der Waals surface area contributed by atoms with Gasteiger partial charge in [0.05, 0.1) is 16.1 Å². The number of halogens is 4. The summed E-state index contributed by atoms with van der Waals surface area (Å²) in [5, 5.41) is 20.2. The second kappa shape index (κ2) is 6.29. The van der Waals surface area contributed by atoms with Crippen molar-refractivity contribution in [2.24, 2.45) is 0 Å². The Morgan fingerprint density at radius 1 is 1.12 bits per heavy atom. The zero-order valence-electron chi connectivity index (χ0n) is 8.13. The van der Waals surface area contributed by atoms with Gasteiger partial charge in [-0.1, -0.05) is 34.8 Å². The van der Waals surface area contributed by atoms with E-state index in [-0.39, 0.29) is 22.3 Å². The van der Waals surface area contributed by atoms with E-state index < -0.39 is 12.2 Å². The van der Waals surface area contributed by atoms with Crippen LogP contribution >= 0.6 is 46.4 Å². The van der Waals surface area contributed by atoms with Crippen molar-refractivity contribution in [3.8, 4) is 0 Å². The third-order valence-corrected chi connectivity index (χ3v) is 3.36. The fraction of sp³-hybridized carbons (Fsp3) is 0.400. The fourth-order valence-corrected chi connectivity index (χ4v) is 2.22. The van der Waals surface area contributed by atoms with Crippen molar-refractivity contribution in [2.75, 3.05) is 5.88 Å². The lowest BCUT2D eigenvalue weighted by Crippen LogP contribution is -2.19. The molecule has 0 radical (unpaired) electrons. The summed E-state index contributed by atoms with van der Waals surface area (Å²) in [4.78, 5) is 0. The minimum atomic E-state index is -1.15. The SMILES string of the molecule is OC(CCCl)C(O)c1cc(Cl)cc(Cl)c1Cl. The van der Waals surface area contributed by atoms with Crippen LogP contribution in [0.5, 0.6) is 0 Å². The van der Waals surface area contributed by atoms with E-state index in [9.17, 15) is 10.2 Å². The maximum Gasteiger partial charge on any atom is 0.106 e. The largest absolute Gasteiger partial charge is 0.390 e. The highest BCUT2D eigenvalue weighted by Crippen LogP contribution is 2.35. The standard InChI is InChI=1S/C10H10Cl4O2/c11-2-1-8(15)10(16)6-3-5(12)4-7(13)9(6)14/h3-4,8,10,15-16H,1-2H2. The molecule has 0 spiro atoms. The summed E-state index contributed by atoms with van der Waals surface area (Å²) >= 11 is 23.0. The molecule has 6 heteroatoms. The number of benzene rings is 1. The van der Waals surface area contributed by atoms with E-state index in [0.717, 1.165) is 0 Å². The normalized spacial score (nSPS) is 14.9. The molecule has 0 fully saturated rings. The van der Waals surface area contributed by atoms with E-state index in [1.807, 2.05) is 0 Å². The Kier molecular flexibility index (Phi) is 5.65. The fourth-order valence-electron chi connectivity index (χ4n) is 1.27. The van der Waals surface area contributed by atoms with Gasteiger partial charge in [-0.2, -0.15) is 0 Å². The second-order valence-corrected chi connectivity index (χ2v) is 4.88. The predicted molar refractivity (Wildman–Crippen MR) is 67.8 cm³/mol. The van der Waals surface area contributed by atoms with Gasteiger partial charge in [0, 0.05) is 16.5 Å². The van der Waals surface area contributed by atoms with Crippen LogP contribution in [0.25, 0.3) is 0 Å². The van der Waals surface area contributed by atoms with Gasteiger partial charge in [0.2, 0.25) is 0 Å². The lowest BCUT2D eigenvalue weighted by Gasteiger charge is -2.19. The summed E-state index contributed by atoms with van der Waals surface area (Å²) < 4.78 is 0. The maximum absolute atomic E-state index is 9.84. The Labute approximate surface area is 114 Å². The summed E-state index contributed by atoms with van der Waals surface area (Å²) in [6.07, 6.45) is -1.89. The Hall–Kier alpha value is 0.300. The maximum atomic E-state index is 9.84. The van der Waals surface area contributed by atoms with Gasteiger partial charge in [0.15, 0.2) is 0 Å². The van der Waals surface area contributed by atoms with Gasteiger partial charge in [-0.25, -0.2) is 0 Å². The van der Waals surface area contributed by atoms with E-state index in [2.05, 4.69) is 0 Å². The van der Waals surface area contributed by atoms with E-state index in [1.54, 1.807) is 0 Å². The van der Waals surface area contributed by atoms with Crippen molar-refractivity contribution >= 4 is 46.4 Å². The zero-order chi connectivity index (χ0) is 12.3. The number of alkyl halides is 1. The van der Waals surface area contributed by atoms with E-state index >= 15 is 0 Å². The molecular formula is C10H10Cl4O2. The molecule has 0 amide bonds. The number of hydrogen-bond acceptors (Lipinski definition) is 2. The molecule has 0 aliphatic carbocycles. The van der Waals surface area contributed by atoms with Crippen molar-refractivity contribution in [3.63, 3.8) is 0 Å². The summed E-state index contributed by atoms with van der Waals surface area (Å²) in [6, 6.07) is 2.94. The quantitative estimate of drug-likeness (QED) is 0.658. The van der Waals surface area contributed by atoms with Gasteiger partial charge < -0.3 is 10.2 Å². The molecule has 0 aliphatic rings. The van der Waals surface area contributed by atoms with Crippen molar-refractivity contribution in [3.05, 3.63) is 32.8 Å². The molecule has 0 saturated carbocycles. The van der Waals surface area contributed by atoms with Crippen LogP contribution in [0.3, 0.4) is 0 Å². The molecule has 1 aromatic rings. The predicted octanol–water partition coefficient (Wildman–Crippen LogP) is 3.67. The molecule has 1 rings (SSSR count). The van der Waals surface area contributed by atoms with Crippen LogP contribution in [0, 0.1) is 0 Å². The van der Waals surface area contributed by atoms with E-state index in [0.29, 0.717) is 10.6 Å². The lowest BCUT2D eigenvalue weighted by atomic mass is 10.0. The van der Waals surface area contributed by atoms with Gasteiger partial charge in [-0.3, -0.25) is 0 Å². The van der Waals surface area contributed by atoms with Gasteiger partial charge >= 0.3 is 0 Å². The summed E-state index contributed by atoms with van der Waals surface area (Å²) in [5.74, 6) is 0.240. The van der Waals surface area contributed by atoms with Crippen LogP contribution < -0.4 is 0 Å². The molecule has 1 aromatic carbocycles. The highest BCUT2D eigenvalue weighted by Gasteiger charge is 2.22. The highest BCUT2D eigenvalue weighted by atomic mass is 35.5. The summed E-state index contributed by atoms with van der Waals surface area (Å²) in [7, 11) is 0. The van der Waals surface area contributed by atoms with Crippen molar-refractivity contribution in [1.82, 2.24) is 0 Å². The first-order chi connectivity index (χ1) is 7.47. The third-order valence-electron chi connectivity index (χ3n) is 2.11. The topological polar surface area (TPSA) is 40.5 Å². The lowest BCUT2D eigenvalue weighted by molar-refractivity contribution is 0.0170. The molecule has 2 unspecified atom stereocenters. The Morgan fingerprint density at radius 2 is 1.75 bits per heavy atom. The molecule has 0 heterocycles. The molecule has 16 heavy (non-hydrogen) atoms. The minimum absolute atomic E-state index is 0.187. The molecule has 2 nitrogen and oxygen atoms in total. The first-order valence-corrected chi connectivity index (χ1v) is 6.20. The van der Waals surface area contributed by atoms with Crippen LogP contribution in [0.2, 0.25) is 15.1 Å². The number of aliphatic hydroxyl groups is 2. The van der Waals surface area contributed by atoms with Crippen LogP contribution in [0.4, 0.5) is 0 Å². The molecule has 2 N–H and O–H groups in total. The average Bonchev–Trinajstić information content (AvgIpc) is 2.22. The van der Waals surface area contributed by atoms with Crippen LogP contribution in [0.1, 0.15) is 18.1 Å². The van der Waals surface area contributed by atoms with Gasteiger partial charge in [0.1, 0.15) is 6.10 Å². The Bertz CT molecular complexity index is 370. The molecule has 90 valence electrons. The number of rotatable bonds is 4. The van der Waals surface area contributed by atoms with Crippen molar-refractivity contribution < 1.29 is 10.2 Å². The summed E-state index contributed by atoms with van der Waals surface area (Å²) in [5.41, 5.74) is 0.303. The zero-order valence-corrected chi connectivity index (χ0v) is 11.2. The van der Waals surface area contributed by atoms with E-state index in [1.165, 1.54) is 12.1 Å². The van der Waals surface area contributed by atoms with Gasteiger partial charge in [-0.15, -0.1) is 11.6 Å². The highest BCUT2D eigenvalue weighted by molar-refractivity contribution is 6.43. The second-order valence-electron chi connectivity index (χ2n) is 3.28. The van der Waals surface area contributed by atoms with Crippen LogP contribution in [0.15, 0.2) is 12.1 Å². The molecule has 2 atom stereocenters. The Balaban J connectivity index is 3.03. The van der Waals surface area contributed by atoms with Crippen LogP contribution in [-0.4, -0.2) is 22.2 Å². The molecular weight excluding hydrogens is 294 g/mol. The van der Waals surface area contributed by atoms with E-state index in [4.69, 9.17) is 46.4 Å². The molecule has 0 bridgehead atoms. The summed E-state index contributed by atoms with van der Waals surface area (Å²) in [6.45, 7) is 0.